The van der Waals surface area contributed by atoms with Gasteiger partial charge in [0.05, 0.1) is 5.54 Å². The summed E-state index contributed by atoms with van der Waals surface area (Å²) in [7, 11) is 0. The summed E-state index contributed by atoms with van der Waals surface area (Å²) >= 11 is 0. The van der Waals surface area contributed by atoms with E-state index in [1.54, 1.807) is 0 Å². The Morgan fingerprint density at radius 1 is 1.24 bits per heavy atom. The van der Waals surface area contributed by atoms with Gasteiger partial charge in [-0.1, -0.05) is 6.92 Å². The van der Waals surface area contributed by atoms with E-state index in [-0.39, 0.29) is 5.91 Å². The van der Waals surface area contributed by atoms with E-state index < -0.39 is 5.54 Å². The molecule has 3 heteroatoms. The van der Waals surface area contributed by atoms with Crippen molar-refractivity contribution in [2.24, 2.45) is 17.8 Å². The summed E-state index contributed by atoms with van der Waals surface area (Å²) in [5.74, 6) is 2.72. The Balaban J connectivity index is 1.77. The summed E-state index contributed by atoms with van der Waals surface area (Å²) in [6, 6.07) is 0. The zero-order valence-corrected chi connectivity index (χ0v) is 11.4. The highest BCUT2D eigenvalue weighted by Crippen LogP contribution is 2.48. The molecule has 2 aliphatic carbocycles. The number of rotatable bonds is 7. The van der Waals surface area contributed by atoms with E-state index in [0.29, 0.717) is 0 Å². The molecule has 98 valence electrons. The van der Waals surface area contributed by atoms with Crippen molar-refractivity contribution in [3.8, 4) is 0 Å². The number of nitrogens with one attached hydrogen (secondary N) is 2. The molecule has 0 atom stereocenters. The minimum Gasteiger partial charge on any atom is -0.354 e. The molecule has 1 amide bonds. The van der Waals surface area contributed by atoms with Crippen molar-refractivity contribution >= 4 is 5.91 Å². The molecule has 2 rings (SSSR count). The Morgan fingerprint density at radius 2 is 1.76 bits per heavy atom. The van der Waals surface area contributed by atoms with Gasteiger partial charge in [-0.2, -0.15) is 0 Å². The lowest BCUT2D eigenvalue weighted by Gasteiger charge is -2.26. The molecule has 0 aromatic heterocycles. The Hall–Kier alpha value is -0.570. The second-order valence-corrected chi connectivity index (χ2v) is 6.20. The van der Waals surface area contributed by atoms with Gasteiger partial charge in [0, 0.05) is 6.54 Å². The molecule has 0 heterocycles. The van der Waals surface area contributed by atoms with Gasteiger partial charge < -0.3 is 10.6 Å². The van der Waals surface area contributed by atoms with Crippen LogP contribution < -0.4 is 10.6 Å². The zero-order valence-electron chi connectivity index (χ0n) is 11.4. The molecule has 0 aromatic carbocycles. The lowest BCUT2D eigenvalue weighted by Crippen LogP contribution is -2.53. The third kappa shape index (κ3) is 3.44. The lowest BCUT2D eigenvalue weighted by molar-refractivity contribution is -0.126. The van der Waals surface area contributed by atoms with Crippen molar-refractivity contribution in [1.82, 2.24) is 10.6 Å². The largest absolute Gasteiger partial charge is 0.354 e. The van der Waals surface area contributed by atoms with Gasteiger partial charge in [0.15, 0.2) is 0 Å². The number of amides is 1. The van der Waals surface area contributed by atoms with Gasteiger partial charge in [-0.05, 0) is 63.8 Å². The van der Waals surface area contributed by atoms with E-state index in [9.17, 15) is 4.79 Å². The molecule has 0 aliphatic heterocycles. The SMILES string of the molecule is CCNC(C)(C)C(=O)NCC(C1CC1)C1CC1. The van der Waals surface area contributed by atoms with Crippen molar-refractivity contribution in [3.05, 3.63) is 0 Å². The zero-order chi connectivity index (χ0) is 12.5. The quantitative estimate of drug-likeness (QED) is 0.711. The molecule has 2 fully saturated rings. The third-order valence-electron chi connectivity index (χ3n) is 4.14. The van der Waals surface area contributed by atoms with Crippen LogP contribution in [0.2, 0.25) is 0 Å². The minimum atomic E-state index is -0.438. The Morgan fingerprint density at radius 3 is 2.18 bits per heavy atom. The molecule has 2 saturated carbocycles. The first-order valence-electron chi connectivity index (χ1n) is 7.08. The van der Waals surface area contributed by atoms with E-state index >= 15 is 0 Å². The second-order valence-electron chi connectivity index (χ2n) is 6.20. The van der Waals surface area contributed by atoms with Crippen LogP contribution in [0.1, 0.15) is 46.5 Å². The van der Waals surface area contributed by atoms with Crippen LogP contribution in [-0.2, 0) is 4.79 Å². The van der Waals surface area contributed by atoms with Crippen LogP contribution in [0.3, 0.4) is 0 Å². The lowest BCUT2D eigenvalue weighted by atomic mass is 9.97. The van der Waals surface area contributed by atoms with Gasteiger partial charge in [-0.25, -0.2) is 0 Å². The molecule has 3 nitrogen and oxygen atoms in total. The number of carbonyl (C=O) groups is 1. The molecule has 0 aromatic rings. The van der Waals surface area contributed by atoms with Crippen LogP contribution >= 0.6 is 0 Å². The molecule has 0 unspecified atom stereocenters. The third-order valence-corrected chi connectivity index (χ3v) is 4.14. The predicted molar refractivity (Wildman–Crippen MR) is 69.7 cm³/mol. The topological polar surface area (TPSA) is 41.1 Å². The van der Waals surface area contributed by atoms with Crippen molar-refractivity contribution in [2.75, 3.05) is 13.1 Å². The highest BCUT2D eigenvalue weighted by atomic mass is 16.2. The summed E-state index contributed by atoms with van der Waals surface area (Å²) in [4.78, 5) is 12.1. The van der Waals surface area contributed by atoms with Crippen LogP contribution in [0.4, 0.5) is 0 Å². The fourth-order valence-electron chi connectivity index (χ4n) is 2.72. The maximum absolute atomic E-state index is 12.1. The molecular formula is C14H26N2O. The highest BCUT2D eigenvalue weighted by molar-refractivity contribution is 5.85. The Kier molecular flexibility index (Phi) is 3.76. The maximum Gasteiger partial charge on any atom is 0.239 e. The predicted octanol–water partition coefficient (Wildman–Crippen LogP) is 1.93. The van der Waals surface area contributed by atoms with Crippen molar-refractivity contribution in [3.63, 3.8) is 0 Å². The van der Waals surface area contributed by atoms with Crippen molar-refractivity contribution < 1.29 is 4.79 Å². The van der Waals surface area contributed by atoms with Crippen LogP contribution in [-0.4, -0.2) is 24.5 Å². The maximum atomic E-state index is 12.1. The molecule has 0 bridgehead atoms. The molecule has 2 aliphatic rings. The van der Waals surface area contributed by atoms with Gasteiger partial charge in [0.2, 0.25) is 5.91 Å². The molecular weight excluding hydrogens is 212 g/mol. The average molecular weight is 238 g/mol. The minimum absolute atomic E-state index is 0.144. The first-order chi connectivity index (χ1) is 8.04. The molecule has 0 saturated heterocycles. The number of carbonyl (C=O) groups excluding carboxylic acids is 1. The van der Waals surface area contributed by atoms with Gasteiger partial charge in [-0.15, -0.1) is 0 Å². The van der Waals surface area contributed by atoms with Crippen molar-refractivity contribution in [1.29, 1.82) is 0 Å². The summed E-state index contributed by atoms with van der Waals surface area (Å²) in [6.07, 6.45) is 5.53. The van der Waals surface area contributed by atoms with E-state index in [4.69, 9.17) is 0 Å². The summed E-state index contributed by atoms with van der Waals surface area (Å²) in [5.41, 5.74) is -0.438. The monoisotopic (exact) mass is 238 g/mol. The number of hydrogen-bond donors (Lipinski definition) is 2. The first kappa shape index (κ1) is 12.9. The molecule has 17 heavy (non-hydrogen) atoms. The summed E-state index contributed by atoms with van der Waals surface area (Å²) in [6.45, 7) is 7.66. The van der Waals surface area contributed by atoms with E-state index in [2.05, 4.69) is 10.6 Å². The van der Waals surface area contributed by atoms with Crippen LogP contribution in [0.15, 0.2) is 0 Å². The van der Waals surface area contributed by atoms with Gasteiger partial charge in [-0.3, -0.25) is 4.79 Å². The van der Waals surface area contributed by atoms with Gasteiger partial charge in [0.1, 0.15) is 0 Å². The van der Waals surface area contributed by atoms with Crippen LogP contribution in [0.25, 0.3) is 0 Å². The van der Waals surface area contributed by atoms with E-state index in [0.717, 1.165) is 30.8 Å². The molecule has 0 radical (unpaired) electrons. The second kappa shape index (κ2) is 4.97. The van der Waals surface area contributed by atoms with Crippen LogP contribution in [0, 0.1) is 17.8 Å². The molecule has 2 N–H and O–H groups in total. The average Bonchev–Trinajstić information content (AvgIpc) is 3.12. The smallest absolute Gasteiger partial charge is 0.239 e. The van der Waals surface area contributed by atoms with Gasteiger partial charge >= 0.3 is 0 Å². The highest BCUT2D eigenvalue weighted by Gasteiger charge is 2.41. The van der Waals surface area contributed by atoms with Gasteiger partial charge in [0.25, 0.3) is 0 Å². The Bertz CT molecular complexity index is 268. The number of hydrogen-bond acceptors (Lipinski definition) is 2. The first-order valence-corrected chi connectivity index (χ1v) is 7.08. The standard InChI is InChI=1S/C14H26N2O/c1-4-16-14(2,3)13(17)15-9-12(10-5-6-10)11-7-8-11/h10-12,16H,4-9H2,1-3H3,(H,15,17). The summed E-state index contributed by atoms with van der Waals surface area (Å²) < 4.78 is 0. The summed E-state index contributed by atoms with van der Waals surface area (Å²) in [5, 5.41) is 6.37. The Labute approximate surface area is 105 Å². The van der Waals surface area contributed by atoms with Crippen LogP contribution in [0.5, 0.6) is 0 Å². The fraction of sp³-hybridized carbons (Fsp3) is 0.929. The van der Waals surface area contributed by atoms with E-state index in [1.807, 2.05) is 20.8 Å². The van der Waals surface area contributed by atoms with Crippen molar-refractivity contribution in [2.45, 2.75) is 52.0 Å². The van der Waals surface area contributed by atoms with E-state index in [1.165, 1.54) is 25.7 Å². The number of likely N-dealkylation sites (N-methyl/N-ethyl adjacent to an activating group) is 1. The normalized spacial score (nSPS) is 20.7. The fourth-order valence-corrected chi connectivity index (χ4v) is 2.72. The molecule has 0 spiro atoms.